The predicted molar refractivity (Wildman–Crippen MR) is 101 cm³/mol. The molecule has 0 aromatic heterocycles. The van der Waals surface area contributed by atoms with Gasteiger partial charge in [-0.3, -0.25) is 0 Å². The molecule has 0 bridgehead atoms. The molecule has 5 nitrogen and oxygen atoms in total. The van der Waals surface area contributed by atoms with Gasteiger partial charge >= 0.3 is 0 Å². The molecule has 0 aliphatic carbocycles. The summed E-state index contributed by atoms with van der Waals surface area (Å²) in [7, 11) is 1.99. The SMILES string of the molecule is CCNC(=NCc1ccc(C#N)cc1)N(C)CCOc1ccccc1. The Morgan fingerprint density at radius 2 is 1.88 bits per heavy atom. The maximum atomic E-state index is 8.85. The molecule has 0 amide bonds. The summed E-state index contributed by atoms with van der Waals surface area (Å²) in [6, 6.07) is 19.4. The smallest absolute Gasteiger partial charge is 0.194 e. The molecule has 0 atom stereocenters. The Morgan fingerprint density at radius 3 is 2.52 bits per heavy atom. The van der Waals surface area contributed by atoms with Crippen molar-refractivity contribution in [1.82, 2.24) is 10.2 Å². The van der Waals surface area contributed by atoms with Crippen molar-refractivity contribution in [2.24, 2.45) is 4.99 Å². The highest BCUT2D eigenvalue weighted by Crippen LogP contribution is 2.08. The predicted octanol–water partition coefficient (Wildman–Crippen LogP) is 3.03. The van der Waals surface area contributed by atoms with Gasteiger partial charge in [-0.2, -0.15) is 5.26 Å². The highest BCUT2D eigenvalue weighted by atomic mass is 16.5. The van der Waals surface area contributed by atoms with Crippen molar-refractivity contribution in [2.45, 2.75) is 13.5 Å². The van der Waals surface area contributed by atoms with E-state index in [9.17, 15) is 0 Å². The Bertz CT molecular complexity index is 705. The second-order valence-electron chi connectivity index (χ2n) is 5.56. The lowest BCUT2D eigenvalue weighted by Crippen LogP contribution is -2.40. The Labute approximate surface area is 149 Å². The average molecular weight is 336 g/mol. The summed E-state index contributed by atoms with van der Waals surface area (Å²) in [5.74, 6) is 1.71. The average Bonchev–Trinajstić information content (AvgIpc) is 2.66. The van der Waals surface area contributed by atoms with Crippen molar-refractivity contribution < 1.29 is 4.74 Å². The molecule has 1 N–H and O–H groups in total. The lowest BCUT2D eigenvalue weighted by atomic mass is 10.1. The number of nitrogens with zero attached hydrogens (tertiary/aromatic N) is 3. The number of rotatable bonds is 7. The van der Waals surface area contributed by atoms with Gasteiger partial charge in [-0.25, -0.2) is 4.99 Å². The molecule has 25 heavy (non-hydrogen) atoms. The fourth-order valence-corrected chi connectivity index (χ4v) is 2.24. The number of likely N-dealkylation sites (N-methyl/N-ethyl adjacent to an activating group) is 1. The Kier molecular flexibility index (Phi) is 7.33. The van der Waals surface area contributed by atoms with Crippen LogP contribution in [0, 0.1) is 11.3 Å². The second kappa shape index (κ2) is 9.99. The lowest BCUT2D eigenvalue weighted by molar-refractivity contribution is 0.281. The fourth-order valence-electron chi connectivity index (χ4n) is 2.24. The third-order valence-electron chi connectivity index (χ3n) is 3.63. The minimum absolute atomic E-state index is 0.567. The van der Waals surface area contributed by atoms with Crippen LogP contribution < -0.4 is 10.1 Å². The minimum atomic E-state index is 0.567. The highest BCUT2D eigenvalue weighted by molar-refractivity contribution is 5.79. The maximum absolute atomic E-state index is 8.85. The summed E-state index contributed by atoms with van der Waals surface area (Å²) < 4.78 is 5.74. The molecule has 5 heteroatoms. The monoisotopic (exact) mass is 336 g/mol. The summed E-state index contributed by atoms with van der Waals surface area (Å²) >= 11 is 0. The molecule has 0 heterocycles. The summed E-state index contributed by atoms with van der Waals surface area (Å²) in [6.07, 6.45) is 0. The topological polar surface area (TPSA) is 60.7 Å². The van der Waals surface area contributed by atoms with Gasteiger partial charge in [0.25, 0.3) is 0 Å². The third kappa shape index (κ3) is 6.19. The van der Waals surface area contributed by atoms with E-state index in [1.165, 1.54) is 0 Å². The van der Waals surface area contributed by atoms with Gasteiger partial charge in [-0.1, -0.05) is 30.3 Å². The van der Waals surface area contributed by atoms with E-state index in [4.69, 9.17) is 10.00 Å². The van der Waals surface area contributed by atoms with E-state index < -0.39 is 0 Å². The highest BCUT2D eigenvalue weighted by Gasteiger charge is 2.06. The van der Waals surface area contributed by atoms with Crippen LogP contribution in [0.4, 0.5) is 0 Å². The number of hydrogen-bond acceptors (Lipinski definition) is 3. The first kappa shape index (κ1) is 18.3. The zero-order chi connectivity index (χ0) is 17.9. The molecular weight excluding hydrogens is 312 g/mol. The van der Waals surface area contributed by atoms with Crippen LogP contribution in [0.3, 0.4) is 0 Å². The Hall–Kier alpha value is -3.00. The fraction of sp³-hybridized carbons (Fsp3) is 0.300. The van der Waals surface area contributed by atoms with E-state index in [2.05, 4.69) is 21.3 Å². The van der Waals surface area contributed by atoms with Gasteiger partial charge in [-0.05, 0) is 36.8 Å². The zero-order valence-corrected chi connectivity index (χ0v) is 14.8. The number of para-hydroxylation sites is 1. The van der Waals surface area contributed by atoms with Gasteiger partial charge in [0.05, 0.1) is 24.7 Å². The number of aliphatic imine (C=N–C) groups is 1. The van der Waals surface area contributed by atoms with Crippen LogP contribution in [0.1, 0.15) is 18.1 Å². The number of hydrogen-bond donors (Lipinski definition) is 1. The molecule has 130 valence electrons. The van der Waals surface area contributed by atoms with Crippen LogP contribution in [0.2, 0.25) is 0 Å². The number of guanidine groups is 1. The van der Waals surface area contributed by atoms with E-state index in [1.807, 2.05) is 68.6 Å². The van der Waals surface area contributed by atoms with Gasteiger partial charge in [0.2, 0.25) is 0 Å². The first-order valence-corrected chi connectivity index (χ1v) is 8.39. The van der Waals surface area contributed by atoms with Gasteiger partial charge in [0, 0.05) is 13.6 Å². The largest absolute Gasteiger partial charge is 0.492 e. The quantitative estimate of drug-likeness (QED) is 0.624. The normalized spacial score (nSPS) is 10.8. The molecule has 0 aliphatic heterocycles. The maximum Gasteiger partial charge on any atom is 0.194 e. The number of benzene rings is 2. The van der Waals surface area contributed by atoms with Crippen LogP contribution >= 0.6 is 0 Å². The van der Waals surface area contributed by atoms with E-state index in [0.717, 1.165) is 30.4 Å². The van der Waals surface area contributed by atoms with Crippen LogP contribution in [0.5, 0.6) is 5.75 Å². The molecule has 0 fully saturated rings. The molecule has 0 aliphatic rings. The Morgan fingerprint density at radius 1 is 1.16 bits per heavy atom. The number of nitriles is 1. The van der Waals surface area contributed by atoms with Gasteiger partial charge in [0.1, 0.15) is 12.4 Å². The van der Waals surface area contributed by atoms with Crippen LogP contribution in [0.25, 0.3) is 0 Å². The van der Waals surface area contributed by atoms with Gasteiger partial charge < -0.3 is 15.0 Å². The minimum Gasteiger partial charge on any atom is -0.492 e. The summed E-state index contributed by atoms with van der Waals surface area (Å²) in [5.41, 5.74) is 1.73. The molecule has 2 aromatic rings. The molecule has 0 spiro atoms. The van der Waals surface area contributed by atoms with Crippen molar-refractivity contribution >= 4 is 5.96 Å². The lowest BCUT2D eigenvalue weighted by Gasteiger charge is -2.22. The van der Waals surface area contributed by atoms with Crippen LogP contribution in [-0.2, 0) is 6.54 Å². The Balaban J connectivity index is 1.89. The van der Waals surface area contributed by atoms with Crippen molar-refractivity contribution in [1.29, 1.82) is 5.26 Å². The summed E-state index contributed by atoms with van der Waals surface area (Å²) in [5, 5.41) is 12.1. The van der Waals surface area contributed by atoms with Gasteiger partial charge in [-0.15, -0.1) is 0 Å². The van der Waals surface area contributed by atoms with E-state index in [1.54, 1.807) is 0 Å². The first-order valence-electron chi connectivity index (χ1n) is 8.39. The third-order valence-corrected chi connectivity index (χ3v) is 3.63. The molecule has 0 unspecified atom stereocenters. The standard InChI is InChI=1S/C20H24N4O/c1-3-22-20(23-16-18-11-9-17(15-21)10-12-18)24(2)13-14-25-19-7-5-4-6-8-19/h4-12H,3,13-14,16H2,1-2H3,(H,22,23). The molecule has 0 radical (unpaired) electrons. The summed E-state index contributed by atoms with van der Waals surface area (Å²) in [4.78, 5) is 6.71. The van der Waals surface area contributed by atoms with E-state index in [-0.39, 0.29) is 0 Å². The number of nitrogens with one attached hydrogen (secondary N) is 1. The second-order valence-corrected chi connectivity index (χ2v) is 5.56. The molecule has 2 aromatic carbocycles. The molecule has 0 saturated carbocycles. The van der Waals surface area contributed by atoms with E-state index in [0.29, 0.717) is 18.7 Å². The molecule has 0 saturated heterocycles. The number of ether oxygens (including phenoxy) is 1. The van der Waals surface area contributed by atoms with Crippen LogP contribution in [-0.4, -0.2) is 37.6 Å². The van der Waals surface area contributed by atoms with Crippen LogP contribution in [0.15, 0.2) is 59.6 Å². The van der Waals surface area contributed by atoms with E-state index >= 15 is 0 Å². The van der Waals surface area contributed by atoms with Crippen molar-refractivity contribution in [3.05, 3.63) is 65.7 Å². The molecular formula is C20H24N4O. The molecule has 2 rings (SSSR count). The van der Waals surface area contributed by atoms with Crippen molar-refractivity contribution in [2.75, 3.05) is 26.7 Å². The first-order chi connectivity index (χ1) is 12.2. The van der Waals surface area contributed by atoms with Crippen molar-refractivity contribution in [3.8, 4) is 11.8 Å². The van der Waals surface area contributed by atoms with Gasteiger partial charge in [0.15, 0.2) is 5.96 Å². The summed E-state index contributed by atoms with van der Waals surface area (Å²) in [6.45, 7) is 4.73. The van der Waals surface area contributed by atoms with Crippen molar-refractivity contribution in [3.63, 3.8) is 0 Å². The zero-order valence-electron chi connectivity index (χ0n) is 14.8.